The zero-order valence-electron chi connectivity index (χ0n) is 8.21. The standard InChI is InChI=1S/C10H20N2/c1-8(11)5-9-6-10(9)3-4-12(2)7-10/h8-9H,3-7,11H2,1-2H3. The molecule has 0 aromatic rings. The molecule has 1 aliphatic heterocycles. The average molecular weight is 168 g/mol. The van der Waals surface area contributed by atoms with Crippen LogP contribution in [0.5, 0.6) is 0 Å². The summed E-state index contributed by atoms with van der Waals surface area (Å²) in [6.45, 7) is 4.75. The second-order valence-electron chi connectivity index (χ2n) is 4.96. The first kappa shape index (κ1) is 8.52. The summed E-state index contributed by atoms with van der Waals surface area (Å²) in [5.41, 5.74) is 6.52. The quantitative estimate of drug-likeness (QED) is 0.668. The number of rotatable bonds is 2. The highest BCUT2D eigenvalue weighted by Crippen LogP contribution is 2.59. The predicted molar refractivity (Wildman–Crippen MR) is 50.9 cm³/mol. The molecule has 1 saturated heterocycles. The Kier molecular flexibility index (Phi) is 1.92. The van der Waals surface area contributed by atoms with Gasteiger partial charge in [-0.25, -0.2) is 0 Å². The molecular weight excluding hydrogens is 148 g/mol. The van der Waals surface area contributed by atoms with E-state index in [2.05, 4.69) is 18.9 Å². The van der Waals surface area contributed by atoms with Crippen molar-refractivity contribution in [2.24, 2.45) is 17.1 Å². The van der Waals surface area contributed by atoms with Crippen LogP contribution in [0.3, 0.4) is 0 Å². The normalized spacial score (nSPS) is 43.8. The van der Waals surface area contributed by atoms with E-state index in [9.17, 15) is 0 Å². The van der Waals surface area contributed by atoms with Crippen molar-refractivity contribution in [2.75, 3.05) is 20.1 Å². The van der Waals surface area contributed by atoms with E-state index in [1.54, 1.807) is 0 Å². The fourth-order valence-corrected chi connectivity index (χ4v) is 2.82. The van der Waals surface area contributed by atoms with Crippen LogP contribution in [0.4, 0.5) is 0 Å². The van der Waals surface area contributed by atoms with Gasteiger partial charge in [0, 0.05) is 12.6 Å². The highest BCUT2D eigenvalue weighted by Gasteiger charge is 2.56. The zero-order chi connectivity index (χ0) is 8.77. The van der Waals surface area contributed by atoms with Gasteiger partial charge in [0.25, 0.3) is 0 Å². The van der Waals surface area contributed by atoms with Crippen molar-refractivity contribution in [3.8, 4) is 0 Å². The maximum Gasteiger partial charge on any atom is 0.00382 e. The van der Waals surface area contributed by atoms with Crippen LogP contribution in [-0.4, -0.2) is 31.1 Å². The van der Waals surface area contributed by atoms with Gasteiger partial charge in [-0.1, -0.05) is 0 Å². The van der Waals surface area contributed by atoms with Gasteiger partial charge in [-0.3, -0.25) is 0 Å². The fraction of sp³-hybridized carbons (Fsp3) is 1.00. The van der Waals surface area contributed by atoms with Crippen molar-refractivity contribution in [3.63, 3.8) is 0 Å². The number of likely N-dealkylation sites (tertiary alicyclic amines) is 1. The highest BCUT2D eigenvalue weighted by molar-refractivity contribution is 5.07. The Morgan fingerprint density at radius 3 is 2.92 bits per heavy atom. The minimum absolute atomic E-state index is 0.403. The second kappa shape index (κ2) is 2.71. The fourth-order valence-electron chi connectivity index (χ4n) is 2.82. The van der Waals surface area contributed by atoms with Gasteiger partial charge in [0.1, 0.15) is 0 Å². The monoisotopic (exact) mass is 168 g/mol. The van der Waals surface area contributed by atoms with Crippen molar-refractivity contribution in [1.82, 2.24) is 4.90 Å². The van der Waals surface area contributed by atoms with Gasteiger partial charge < -0.3 is 10.6 Å². The Labute approximate surface area is 75.1 Å². The van der Waals surface area contributed by atoms with Gasteiger partial charge >= 0.3 is 0 Å². The van der Waals surface area contributed by atoms with Crippen molar-refractivity contribution in [2.45, 2.75) is 32.2 Å². The van der Waals surface area contributed by atoms with Crippen LogP contribution < -0.4 is 5.73 Å². The van der Waals surface area contributed by atoms with Crippen LogP contribution in [0.1, 0.15) is 26.2 Å². The Morgan fingerprint density at radius 1 is 1.67 bits per heavy atom. The Balaban J connectivity index is 1.85. The lowest BCUT2D eigenvalue weighted by atomic mass is 9.99. The minimum atomic E-state index is 0.403. The number of hydrogen-bond acceptors (Lipinski definition) is 2. The molecule has 0 aromatic carbocycles. The average Bonchev–Trinajstić information content (AvgIpc) is 2.42. The lowest BCUT2D eigenvalue weighted by molar-refractivity contribution is 0.369. The summed E-state index contributed by atoms with van der Waals surface area (Å²) in [7, 11) is 2.23. The molecule has 1 heterocycles. The Morgan fingerprint density at radius 2 is 2.42 bits per heavy atom. The first-order valence-corrected chi connectivity index (χ1v) is 5.06. The molecule has 2 nitrogen and oxygen atoms in total. The van der Waals surface area contributed by atoms with Gasteiger partial charge in [0.05, 0.1) is 0 Å². The molecule has 0 amide bonds. The molecule has 3 atom stereocenters. The molecule has 1 spiro atoms. The molecule has 2 N–H and O–H groups in total. The third kappa shape index (κ3) is 1.38. The molecule has 12 heavy (non-hydrogen) atoms. The molecule has 2 heteroatoms. The maximum atomic E-state index is 5.81. The lowest BCUT2D eigenvalue weighted by Crippen LogP contribution is -2.19. The van der Waals surface area contributed by atoms with Gasteiger partial charge in [0.15, 0.2) is 0 Å². The summed E-state index contributed by atoms with van der Waals surface area (Å²) in [4.78, 5) is 2.46. The van der Waals surface area contributed by atoms with Crippen LogP contribution in [0.2, 0.25) is 0 Å². The molecular formula is C10H20N2. The van der Waals surface area contributed by atoms with E-state index in [1.165, 1.54) is 32.4 Å². The summed E-state index contributed by atoms with van der Waals surface area (Å²) in [6, 6.07) is 0.403. The van der Waals surface area contributed by atoms with Gasteiger partial charge in [-0.15, -0.1) is 0 Å². The van der Waals surface area contributed by atoms with Crippen molar-refractivity contribution in [1.29, 1.82) is 0 Å². The molecule has 2 aliphatic rings. The third-order valence-electron chi connectivity index (χ3n) is 3.59. The Bertz CT molecular complexity index is 179. The smallest absolute Gasteiger partial charge is 0.00382 e. The van der Waals surface area contributed by atoms with Crippen molar-refractivity contribution >= 4 is 0 Å². The van der Waals surface area contributed by atoms with Crippen molar-refractivity contribution < 1.29 is 0 Å². The molecule has 2 fully saturated rings. The zero-order valence-corrected chi connectivity index (χ0v) is 8.21. The number of nitrogens with zero attached hydrogens (tertiary/aromatic N) is 1. The number of nitrogens with two attached hydrogens (primary N) is 1. The van der Waals surface area contributed by atoms with E-state index in [-0.39, 0.29) is 0 Å². The summed E-state index contributed by atoms with van der Waals surface area (Å²) >= 11 is 0. The van der Waals surface area contributed by atoms with Gasteiger partial charge in [-0.2, -0.15) is 0 Å². The molecule has 70 valence electrons. The molecule has 0 aromatic heterocycles. The SMILES string of the molecule is CC(N)CC1CC12CCN(C)C2. The highest BCUT2D eigenvalue weighted by atomic mass is 15.1. The van der Waals surface area contributed by atoms with Gasteiger partial charge in [-0.05, 0) is 51.1 Å². The molecule has 0 bridgehead atoms. The van der Waals surface area contributed by atoms with Crippen molar-refractivity contribution in [3.05, 3.63) is 0 Å². The van der Waals surface area contributed by atoms with E-state index in [0.717, 1.165) is 5.92 Å². The summed E-state index contributed by atoms with van der Waals surface area (Å²) in [6.07, 6.45) is 4.10. The van der Waals surface area contributed by atoms with E-state index in [1.807, 2.05) is 0 Å². The molecule has 1 saturated carbocycles. The van der Waals surface area contributed by atoms with E-state index in [4.69, 9.17) is 5.73 Å². The van der Waals surface area contributed by atoms with E-state index in [0.29, 0.717) is 11.5 Å². The second-order valence-corrected chi connectivity index (χ2v) is 4.96. The Hall–Kier alpha value is -0.0800. The first-order valence-electron chi connectivity index (χ1n) is 5.06. The largest absolute Gasteiger partial charge is 0.328 e. The first-order chi connectivity index (χ1) is 5.62. The third-order valence-corrected chi connectivity index (χ3v) is 3.59. The lowest BCUT2D eigenvalue weighted by Gasteiger charge is -2.11. The maximum absolute atomic E-state index is 5.81. The predicted octanol–water partition coefficient (Wildman–Crippen LogP) is 1.07. The van der Waals surface area contributed by atoms with Crippen LogP contribution in [0.15, 0.2) is 0 Å². The summed E-state index contributed by atoms with van der Waals surface area (Å²) in [5, 5.41) is 0. The van der Waals surface area contributed by atoms with Crippen LogP contribution in [0, 0.1) is 11.3 Å². The van der Waals surface area contributed by atoms with Crippen LogP contribution >= 0.6 is 0 Å². The van der Waals surface area contributed by atoms with E-state index < -0.39 is 0 Å². The summed E-state index contributed by atoms with van der Waals surface area (Å²) < 4.78 is 0. The molecule has 2 rings (SSSR count). The minimum Gasteiger partial charge on any atom is -0.328 e. The van der Waals surface area contributed by atoms with E-state index >= 15 is 0 Å². The molecule has 0 radical (unpaired) electrons. The van der Waals surface area contributed by atoms with Crippen LogP contribution in [0.25, 0.3) is 0 Å². The van der Waals surface area contributed by atoms with Crippen LogP contribution in [-0.2, 0) is 0 Å². The molecule has 3 unspecified atom stereocenters. The molecule has 1 aliphatic carbocycles. The number of hydrogen-bond donors (Lipinski definition) is 1. The van der Waals surface area contributed by atoms with Gasteiger partial charge in [0.2, 0.25) is 0 Å². The topological polar surface area (TPSA) is 29.3 Å². The summed E-state index contributed by atoms with van der Waals surface area (Å²) in [5.74, 6) is 0.947.